The lowest BCUT2D eigenvalue weighted by molar-refractivity contribution is 0.418. The van der Waals surface area contributed by atoms with Gasteiger partial charge in [0.2, 0.25) is 11.4 Å². The van der Waals surface area contributed by atoms with Gasteiger partial charge in [0, 0.05) is 59.4 Å². The summed E-state index contributed by atoms with van der Waals surface area (Å²) in [6, 6.07) is 50.1. The molecule has 1 unspecified atom stereocenters. The van der Waals surface area contributed by atoms with Gasteiger partial charge in [0.05, 0.1) is 11.0 Å². The Hall–Kier alpha value is -6.01. The largest absolute Gasteiger partial charge is 0.457 e. The standard InChI is InChI=1S/C61H67N4O/c1-13-61(12,14-2)45-20-19-21-46(34-45)64-38-65(64,57-25-18-17-24-56(57)64)47-30-43(59-52(40(5)6)32-42(39(3)4)33-53(59)41(7)8)31-49(36-47)66-48-26-27-51-50-22-15-16-23-54(50)63(55(51)37-48)58-35-44(28-29-62-58)60(9,10)11/h15-41H,13-14H2,1-12H3/q+1/t64-,65?/m0/s1. The topological polar surface area (TPSA) is 27.1 Å². The molecule has 0 bridgehead atoms. The summed E-state index contributed by atoms with van der Waals surface area (Å²) in [5.41, 5.74) is 16.7. The average Bonchev–Trinajstić information content (AvgIpc) is 3.81. The van der Waals surface area contributed by atoms with Crippen LogP contribution in [0.4, 0.5) is 22.7 Å². The molecule has 0 saturated carbocycles. The number of pyridine rings is 1. The normalized spacial score (nSPS) is 18.0. The molecular formula is C61H67N4O+. The molecule has 0 radical (unpaired) electrons. The summed E-state index contributed by atoms with van der Waals surface area (Å²) in [5, 5.41) is 2.36. The summed E-state index contributed by atoms with van der Waals surface area (Å²) >= 11 is 0. The monoisotopic (exact) mass is 872 g/mol. The van der Waals surface area contributed by atoms with Gasteiger partial charge in [0.25, 0.3) is 0 Å². The fourth-order valence-electron chi connectivity index (χ4n) is 10.9. The van der Waals surface area contributed by atoms with Crippen molar-refractivity contribution in [3.63, 3.8) is 0 Å². The Kier molecular flexibility index (Phi) is 10.5. The number of hydrogen-bond donors (Lipinski definition) is 0. The Morgan fingerprint density at radius 1 is 0.576 bits per heavy atom. The predicted molar refractivity (Wildman–Crippen MR) is 280 cm³/mol. The van der Waals surface area contributed by atoms with Gasteiger partial charge >= 0.3 is 0 Å². The number of nitrogens with zero attached hydrogens (tertiary/aromatic N) is 4. The Labute approximate surface area is 393 Å². The van der Waals surface area contributed by atoms with Crippen LogP contribution in [0.1, 0.15) is 141 Å². The Morgan fingerprint density at radius 2 is 1.23 bits per heavy atom. The van der Waals surface area contributed by atoms with E-state index in [-0.39, 0.29) is 10.8 Å². The van der Waals surface area contributed by atoms with E-state index < -0.39 is 0 Å². The summed E-state index contributed by atoms with van der Waals surface area (Å²) < 4.78 is 10.8. The minimum atomic E-state index is -0.0178. The van der Waals surface area contributed by atoms with Crippen LogP contribution in [-0.2, 0) is 10.8 Å². The zero-order chi connectivity index (χ0) is 46.5. The summed E-state index contributed by atoms with van der Waals surface area (Å²) in [5.74, 6) is 3.59. The summed E-state index contributed by atoms with van der Waals surface area (Å²) in [6.07, 6.45) is 4.13. The minimum absolute atomic E-state index is 0.0178. The highest BCUT2D eigenvalue weighted by Gasteiger charge is 2.78. The van der Waals surface area contributed by atoms with Gasteiger partial charge < -0.3 is 4.74 Å². The Bertz CT molecular complexity index is 3150. The number of quaternary nitrogens is 2. The molecule has 1 fully saturated rings. The smallest absolute Gasteiger partial charge is 0.225 e. The molecule has 0 N–H and O–H groups in total. The van der Waals surface area contributed by atoms with Crippen LogP contribution in [0.3, 0.4) is 0 Å². The lowest BCUT2D eigenvalue weighted by Crippen LogP contribution is -2.46. The first-order valence-corrected chi connectivity index (χ1v) is 24.4. The second kappa shape index (κ2) is 15.8. The molecule has 2 aliphatic rings. The quantitative estimate of drug-likeness (QED) is 0.0695. The van der Waals surface area contributed by atoms with E-state index in [1.165, 1.54) is 72.5 Å². The molecule has 10 rings (SSSR count). The maximum absolute atomic E-state index is 7.25. The third-order valence-electron chi connectivity index (χ3n) is 15.3. The van der Waals surface area contributed by atoms with Crippen molar-refractivity contribution in [2.75, 3.05) is 0 Å². The van der Waals surface area contributed by atoms with Gasteiger partial charge in [0.1, 0.15) is 17.3 Å². The molecule has 2 aliphatic heterocycles. The van der Waals surface area contributed by atoms with Crippen molar-refractivity contribution in [1.82, 2.24) is 18.7 Å². The molecule has 2 aromatic heterocycles. The van der Waals surface area contributed by atoms with Crippen molar-refractivity contribution in [2.24, 2.45) is 0 Å². The van der Waals surface area contributed by atoms with Crippen molar-refractivity contribution in [3.8, 4) is 28.4 Å². The molecule has 66 heavy (non-hydrogen) atoms. The van der Waals surface area contributed by atoms with Crippen LogP contribution in [-0.4, -0.2) is 9.55 Å². The minimum Gasteiger partial charge on any atom is -0.457 e. The number of rotatable bonds is 12. The molecule has 0 spiro atoms. The fraction of sp³-hybridized carbons (Fsp3) is 0.311. The molecule has 6 aromatic carbocycles. The number of benzene rings is 6. The molecule has 4 heterocycles. The lowest BCUT2D eigenvalue weighted by Gasteiger charge is -2.40. The fourth-order valence-corrected chi connectivity index (χ4v) is 10.9. The molecule has 5 nitrogen and oxygen atoms in total. The van der Waals surface area contributed by atoms with Gasteiger partial charge in [-0.1, -0.05) is 138 Å². The zero-order valence-electron chi connectivity index (χ0n) is 41.2. The first kappa shape index (κ1) is 43.9. The van der Waals surface area contributed by atoms with Crippen LogP contribution in [0.5, 0.6) is 11.5 Å². The number of aromatic nitrogens is 2. The van der Waals surface area contributed by atoms with E-state index in [1.807, 2.05) is 6.20 Å². The maximum Gasteiger partial charge on any atom is 0.225 e. The maximum atomic E-state index is 7.25. The Morgan fingerprint density at radius 3 is 1.88 bits per heavy atom. The van der Waals surface area contributed by atoms with Crippen LogP contribution in [0.15, 0.2) is 140 Å². The van der Waals surface area contributed by atoms with E-state index in [2.05, 4.69) is 228 Å². The number of hydrogen-bond acceptors (Lipinski definition) is 2. The molecule has 1 saturated heterocycles. The van der Waals surface area contributed by atoms with E-state index in [0.717, 1.165) is 41.2 Å². The number of ether oxygens (including phenoxy) is 1. The van der Waals surface area contributed by atoms with Crippen LogP contribution >= 0.6 is 0 Å². The van der Waals surface area contributed by atoms with Gasteiger partial charge in [-0.15, -0.1) is 0 Å². The van der Waals surface area contributed by atoms with Gasteiger partial charge in [-0.05, 0) is 117 Å². The summed E-state index contributed by atoms with van der Waals surface area (Å²) in [6.45, 7) is 30.3. The van der Waals surface area contributed by atoms with E-state index in [1.54, 1.807) is 0 Å². The Balaban J connectivity index is 1.19. The van der Waals surface area contributed by atoms with Gasteiger partial charge in [-0.25, -0.2) is 4.98 Å². The summed E-state index contributed by atoms with van der Waals surface area (Å²) in [4.78, 5) is 4.97. The van der Waals surface area contributed by atoms with Crippen molar-refractivity contribution >= 4 is 44.6 Å². The SMILES string of the molecule is CCC(C)(CC)c1cccc([N@+]23[CH-][N+]2(c2cc(Oc4ccc5c6ccccc6n(-c6cc(C(C)(C)C)ccn6)c5c4)cc(-c4c(C(C)C)cc(C(C)C)cc4C(C)C)c2)c2ccccc23)c1. The van der Waals surface area contributed by atoms with E-state index in [9.17, 15) is 0 Å². The van der Waals surface area contributed by atoms with Crippen molar-refractivity contribution in [2.45, 2.75) is 125 Å². The van der Waals surface area contributed by atoms with Crippen LogP contribution < -0.4 is 13.9 Å². The van der Waals surface area contributed by atoms with Gasteiger partial charge in [-0.3, -0.25) is 4.57 Å². The first-order valence-electron chi connectivity index (χ1n) is 24.4. The third-order valence-corrected chi connectivity index (χ3v) is 15.3. The predicted octanol–water partition coefficient (Wildman–Crippen LogP) is 17.7. The van der Waals surface area contributed by atoms with Crippen molar-refractivity contribution in [3.05, 3.63) is 174 Å². The van der Waals surface area contributed by atoms with Crippen molar-refractivity contribution < 1.29 is 4.74 Å². The van der Waals surface area contributed by atoms with Crippen LogP contribution in [0, 0.1) is 6.67 Å². The van der Waals surface area contributed by atoms with Gasteiger partial charge in [0.15, 0.2) is 18.0 Å². The second-order valence-electron chi connectivity index (χ2n) is 21.3. The molecule has 5 heteroatoms. The second-order valence-corrected chi connectivity index (χ2v) is 21.3. The number of para-hydroxylation sites is 3. The van der Waals surface area contributed by atoms with Crippen LogP contribution in [0.25, 0.3) is 38.8 Å². The van der Waals surface area contributed by atoms with Gasteiger partial charge in [-0.2, -0.15) is 9.18 Å². The average molecular weight is 872 g/mol. The molecule has 0 amide bonds. The molecule has 8 aromatic rings. The highest BCUT2D eigenvalue weighted by Crippen LogP contribution is 2.75. The lowest BCUT2D eigenvalue weighted by atomic mass is 9.78. The molecule has 336 valence electrons. The molecular weight excluding hydrogens is 805 g/mol. The van der Waals surface area contributed by atoms with E-state index >= 15 is 0 Å². The molecule has 0 aliphatic carbocycles. The highest BCUT2D eigenvalue weighted by atomic mass is 16.5. The van der Waals surface area contributed by atoms with E-state index in [4.69, 9.17) is 9.72 Å². The molecule has 2 atom stereocenters. The number of fused-ring (bicyclic) bond motifs is 7. The van der Waals surface area contributed by atoms with Crippen molar-refractivity contribution in [1.29, 1.82) is 0 Å². The summed E-state index contributed by atoms with van der Waals surface area (Å²) in [7, 11) is 0. The first-order chi connectivity index (χ1) is 31.5. The third kappa shape index (κ3) is 6.67. The zero-order valence-corrected chi connectivity index (χ0v) is 41.2. The van der Waals surface area contributed by atoms with Crippen LogP contribution in [0.2, 0.25) is 0 Å². The van der Waals surface area contributed by atoms with E-state index in [0.29, 0.717) is 26.9 Å². The highest BCUT2D eigenvalue weighted by molar-refractivity contribution is 6.09.